The van der Waals surface area contributed by atoms with Crippen LogP contribution in [-0.2, 0) is 4.79 Å². The number of carbonyl (C=O) groups excluding carboxylic acids is 1. The van der Waals surface area contributed by atoms with Crippen LogP contribution in [-0.4, -0.2) is 35.5 Å². The lowest BCUT2D eigenvalue weighted by Crippen LogP contribution is -2.61. The highest BCUT2D eigenvalue weighted by Gasteiger charge is 2.48. The second-order valence-corrected chi connectivity index (χ2v) is 5.68. The van der Waals surface area contributed by atoms with Crippen LogP contribution >= 0.6 is 0 Å². The van der Waals surface area contributed by atoms with Crippen molar-refractivity contribution in [2.24, 2.45) is 17.4 Å². The molecule has 2 aliphatic carbocycles. The maximum absolute atomic E-state index is 11.6. The van der Waals surface area contributed by atoms with Gasteiger partial charge in [0.15, 0.2) is 0 Å². The van der Waals surface area contributed by atoms with Crippen LogP contribution in [0.15, 0.2) is 0 Å². The van der Waals surface area contributed by atoms with Crippen LogP contribution in [0.5, 0.6) is 0 Å². The zero-order chi connectivity index (χ0) is 12.5. The van der Waals surface area contributed by atoms with Crippen molar-refractivity contribution in [1.29, 1.82) is 0 Å². The molecule has 1 amide bonds. The molecule has 0 aromatic heterocycles. The summed E-state index contributed by atoms with van der Waals surface area (Å²) in [6, 6.07) is 0.612. The van der Waals surface area contributed by atoms with Crippen LogP contribution in [0.1, 0.15) is 45.4 Å². The van der Waals surface area contributed by atoms with Crippen molar-refractivity contribution in [2.75, 3.05) is 13.1 Å². The van der Waals surface area contributed by atoms with Crippen molar-refractivity contribution in [2.45, 2.75) is 57.0 Å². The number of hydrogen-bond donors (Lipinski definition) is 2. The van der Waals surface area contributed by atoms with Gasteiger partial charge in [-0.3, -0.25) is 9.69 Å². The number of rotatable bonds is 6. The molecule has 0 saturated heterocycles. The Bertz CT molecular complexity index is 284. The molecule has 0 spiro atoms. The number of primary amides is 1. The molecule has 2 rings (SSSR count). The summed E-state index contributed by atoms with van der Waals surface area (Å²) in [6.07, 6.45) is 7.21. The molecular formula is C13H25N3O. The summed E-state index contributed by atoms with van der Waals surface area (Å²) in [5.74, 6) is -0.00750. The van der Waals surface area contributed by atoms with E-state index in [1.165, 1.54) is 25.7 Å². The minimum Gasteiger partial charge on any atom is -0.368 e. The predicted octanol–water partition coefficient (Wildman–Crippen LogP) is 0.844. The highest BCUT2D eigenvalue weighted by molar-refractivity contribution is 5.85. The molecule has 4 heteroatoms. The number of amides is 1. The second kappa shape index (κ2) is 4.94. The Labute approximate surface area is 104 Å². The van der Waals surface area contributed by atoms with E-state index in [2.05, 4.69) is 11.8 Å². The van der Waals surface area contributed by atoms with Crippen LogP contribution in [0.2, 0.25) is 0 Å². The van der Waals surface area contributed by atoms with Crippen molar-refractivity contribution < 1.29 is 4.79 Å². The van der Waals surface area contributed by atoms with Gasteiger partial charge in [-0.2, -0.15) is 0 Å². The maximum atomic E-state index is 11.6. The van der Waals surface area contributed by atoms with Crippen molar-refractivity contribution in [1.82, 2.24) is 4.90 Å². The van der Waals surface area contributed by atoms with Gasteiger partial charge in [-0.05, 0) is 38.1 Å². The van der Waals surface area contributed by atoms with E-state index in [1.54, 1.807) is 0 Å². The zero-order valence-corrected chi connectivity index (χ0v) is 10.8. The van der Waals surface area contributed by atoms with Gasteiger partial charge in [0.05, 0.1) is 0 Å². The number of nitrogens with zero attached hydrogens (tertiary/aromatic N) is 1. The van der Waals surface area contributed by atoms with Gasteiger partial charge in [-0.15, -0.1) is 0 Å². The molecule has 0 radical (unpaired) electrons. The van der Waals surface area contributed by atoms with Gasteiger partial charge in [0.2, 0.25) is 5.91 Å². The average Bonchev–Trinajstić information content (AvgIpc) is 3.02. The van der Waals surface area contributed by atoms with Crippen molar-refractivity contribution >= 4 is 5.91 Å². The van der Waals surface area contributed by atoms with E-state index in [0.717, 1.165) is 19.4 Å². The van der Waals surface area contributed by atoms with Gasteiger partial charge < -0.3 is 11.5 Å². The van der Waals surface area contributed by atoms with E-state index in [-0.39, 0.29) is 5.91 Å². The molecule has 1 unspecified atom stereocenters. The fourth-order valence-electron chi connectivity index (χ4n) is 3.11. The van der Waals surface area contributed by atoms with Crippen molar-refractivity contribution in [3.63, 3.8) is 0 Å². The third kappa shape index (κ3) is 2.63. The number of carbonyl (C=O) groups is 1. The lowest BCUT2D eigenvalue weighted by atomic mass is 9.92. The standard InChI is InChI=1S/C13H25N3O/c1-2-16(11-5-3-4-6-11)9-13(15,12(14)17)10-7-8-10/h10-11H,2-9,15H2,1H3,(H2,14,17). The molecule has 98 valence electrons. The van der Waals surface area contributed by atoms with Gasteiger partial charge in [0.1, 0.15) is 5.54 Å². The molecule has 17 heavy (non-hydrogen) atoms. The number of hydrogen-bond acceptors (Lipinski definition) is 3. The van der Waals surface area contributed by atoms with Crippen LogP contribution < -0.4 is 11.5 Å². The molecular weight excluding hydrogens is 214 g/mol. The third-order valence-corrected chi connectivity index (χ3v) is 4.48. The Hall–Kier alpha value is -0.610. The van der Waals surface area contributed by atoms with E-state index >= 15 is 0 Å². The molecule has 1 atom stereocenters. The van der Waals surface area contributed by atoms with Gasteiger partial charge in [0, 0.05) is 12.6 Å². The fourth-order valence-corrected chi connectivity index (χ4v) is 3.11. The van der Waals surface area contributed by atoms with Crippen LogP contribution in [0, 0.1) is 5.92 Å². The van der Waals surface area contributed by atoms with E-state index < -0.39 is 5.54 Å². The van der Waals surface area contributed by atoms with E-state index in [9.17, 15) is 4.79 Å². The van der Waals surface area contributed by atoms with E-state index in [0.29, 0.717) is 18.5 Å². The highest BCUT2D eigenvalue weighted by Crippen LogP contribution is 2.39. The molecule has 4 nitrogen and oxygen atoms in total. The number of likely N-dealkylation sites (N-methyl/N-ethyl adjacent to an activating group) is 1. The first kappa shape index (κ1) is 12.8. The van der Waals surface area contributed by atoms with Gasteiger partial charge in [-0.25, -0.2) is 0 Å². The molecule has 4 N–H and O–H groups in total. The minimum absolute atomic E-state index is 0.315. The Kier molecular flexibility index (Phi) is 3.73. The molecule has 2 saturated carbocycles. The Morgan fingerprint density at radius 1 is 1.29 bits per heavy atom. The predicted molar refractivity (Wildman–Crippen MR) is 68.3 cm³/mol. The maximum Gasteiger partial charge on any atom is 0.239 e. The van der Waals surface area contributed by atoms with Gasteiger partial charge in [0.25, 0.3) is 0 Å². The first-order valence-electron chi connectivity index (χ1n) is 6.90. The average molecular weight is 239 g/mol. The quantitative estimate of drug-likeness (QED) is 0.721. The van der Waals surface area contributed by atoms with Crippen molar-refractivity contribution in [3.05, 3.63) is 0 Å². The first-order chi connectivity index (χ1) is 8.08. The third-order valence-electron chi connectivity index (χ3n) is 4.48. The smallest absolute Gasteiger partial charge is 0.239 e. The van der Waals surface area contributed by atoms with E-state index in [4.69, 9.17) is 11.5 Å². The zero-order valence-electron chi connectivity index (χ0n) is 10.8. The molecule has 0 aliphatic heterocycles. The molecule has 0 aromatic rings. The van der Waals surface area contributed by atoms with Crippen molar-refractivity contribution in [3.8, 4) is 0 Å². The summed E-state index contributed by atoms with van der Waals surface area (Å²) >= 11 is 0. The van der Waals surface area contributed by atoms with Crippen LogP contribution in [0.25, 0.3) is 0 Å². The molecule has 2 fully saturated rings. The summed E-state index contributed by atoms with van der Waals surface area (Å²) in [5, 5.41) is 0. The first-order valence-corrected chi connectivity index (χ1v) is 6.90. The molecule has 0 heterocycles. The minimum atomic E-state index is -0.793. The lowest BCUT2D eigenvalue weighted by molar-refractivity contribution is -0.124. The second-order valence-electron chi connectivity index (χ2n) is 5.68. The summed E-state index contributed by atoms with van der Waals surface area (Å²) in [4.78, 5) is 14.0. The molecule has 0 aromatic carbocycles. The Morgan fingerprint density at radius 3 is 2.29 bits per heavy atom. The van der Waals surface area contributed by atoms with Gasteiger partial charge >= 0.3 is 0 Å². The van der Waals surface area contributed by atoms with Gasteiger partial charge in [-0.1, -0.05) is 19.8 Å². The normalized spacial score (nSPS) is 25.1. The lowest BCUT2D eigenvalue weighted by Gasteiger charge is -2.36. The highest BCUT2D eigenvalue weighted by atomic mass is 16.1. The Morgan fingerprint density at radius 2 is 1.88 bits per heavy atom. The summed E-state index contributed by atoms with van der Waals surface area (Å²) in [6.45, 7) is 3.75. The van der Waals surface area contributed by atoms with Crippen LogP contribution in [0.3, 0.4) is 0 Å². The number of nitrogens with two attached hydrogens (primary N) is 2. The summed E-state index contributed by atoms with van der Waals surface area (Å²) in [7, 11) is 0. The SMILES string of the molecule is CCN(CC(N)(C(N)=O)C1CC1)C1CCCC1. The van der Waals surface area contributed by atoms with Crippen LogP contribution in [0.4, 0.5) is 0 Å². The monoisotopic (exact) mass is 239 g/mol. The fraction of sp³-hybridized carbons (Fsp3) is 0.923. The Balaban J connectivity index is 2.02. The molecule has 0 bridgehead atoms. The largest absolute Gasteiger partial charge is 0.368 e. The summed E-state index contributed by atoms with van der Waals surface area (Å²) < 4.78 is 0. The van der Waals surface area contributed by atoms with E-state index in [1.807, 2.05) is 0 Å². The summed E-state index contributed by atoms with van der Waals surface area (Å²) in [5.41, 5.74) is 11.0. The topological polar surface area (TPSA) is 72.3 Å². The molecule has 2 aliphatic rings.